The molecule has 1 heterocycles. The van der Waals surface area contributed by atoms with Crippen molar-refractivity contribution in [2.75, 3.05) is 10.6 Å². The zero-order valence-electron chi connectivity index (χ0n) is 19.0. The Balaban J connectivity index is 1.65. The van der Waals surface area contributed by atoms with Crippen LogP contribution in [0.2, 0.25) is 0 Å². The van der Waals surface area contributed by atoms with E-state index in [2.05, 4.69) is 20.8 Å². The van der Waals surface area contributed by atoms with E-state index in [1.807, 2.05) is 30.3 Å². The summed E-state index contributed by atoms with van der Waals surface area (Å²) in [5.74, 6) is -0.400. The average molecular weight is 457 g/mol. The Kier molecular flexibility index (Phi) is 6.14. The Bertz CT molecular complexity index is 1420. The summed E-state index contributed by atoms with van der Waals surface area (Å²) in [4.78, 5) is 37.0. The summed E-state index contributed by atoms with van der Waals surface area (Å²) in [5.41, 5.74) is 1.47. The van der Waals surface area contributed by atoms with Crippen molar-refractivity contribution in [3.63, 3.8) is 0 Å². The molecule has 0 unspecified atom stereocenters. The number of fused-ring (bicyclic) bond motifs is 1. The molecule has 0 aliphatic heterocycles. The van der Waals surface area contributed by atoms with E-state index in [0.29, 0.717) is 17.1 Å². The summed E-state index contributed by atoms with van der Waals surface area (Å²) in [5, 5.41) is 13.7. The number of aromatic amines is 1. The Morgan fingerprint density at radius 3 is 2.29 bits per heavy atom. The van der Waals surface area contributed by atoms with Crippen molar-refractivity contribution in [3.8, 4) is 11.3 Å². The predicted octanol–water partition coefficient (Wildman–Crippen LogP) is 5.19. The van der Waals surface area contributed by atoms with Crippen LogP contribution in [-0.4, -0.2) is 27.8 Å². The van der Waals surface area contributed by atoms with Crippen LogP contribution >= 0.6 is 0 Å². The maximum atomic E-state index is 13.3. The number of H-pyrrole nitrogens is 1. The molecular weight excluding hydrogens is 432 g/mol. The Hall–Kier alpha value is -4.46. The highest BCUT2D eigenvalue weighted by molar-refractivity contribution is 6.12. The molecule has 4 rings (SSSR count). The number of anilines is 2. The third-order valence-electron chi connectivity index (χ3n) is 4.86. The number of hydrogen-bond acceptors (Lipinski definition) is 5. The van der Waals surface area contributed by atoms with E-state index in [4.69, 9.17) is 4.74 Å². The molecule has 4 aromatic rings. The highest BCUT2D eigenvalue weighted by atomic mass is 16.6. The van der Waals surface area contributed by atoms with E-state index in [1.54, 1.807) is 57.2 Å². The average Bonchev–Trinajstić information content (AvgIpc) is 2.78. The monoisotopic (exact) mass is 456 g/mol. The number of nitrogens with zero attached hydrogens (tertiary/aromatic N) is 1. The van der Waals surface area contributed by atoms with E-state index in [1.165, 1.54) is 6.07 Å². The van der Waals surface area contributed by atoms with Crippen LogP contribution < -0.4 is 16.2 Å². The van der Waals surface area contributed by atoms with Gasteiger partial charge in [-0.05, 0) is 61.9 Å². The summed E-state index contributed by atoms with van der Waals surface area (Å²) >= 11 is 0. The molecule has 3 aromatic carbocycles. The van der Waals surface area contributed by atoms with Crippen LogP contribution in [0.15, 0.2) is 77.6 Å². The third kappa shape index (κ3) is 5.47. The molecular formula is C26H24N4O4. The molecule has 2 amide bonds. The van der Waals surface area contributed by atoms with Gasteiger partial charge in [-0.25, -0.2) is 9.89 Å². The lowest BCUT2D eigenvalue weighted by Crippen LogP contribution is -2.28. The minimum atomic E-state index is -0.681. The largest absolute Gasteiger partial charge is 0.444 e. The lowest BCUT2D eigenvalue weighted by molar-refractivity contribution is 0.0636. The third-order valence-corrected chi connectivity index (χ3v) is 4.86. The Morgan fingerprint density at radius 1 is 0.882 bits per heavy atom. The fourth-order valence-corrected chi connectivity index (χ4v) is 3.41. The maximum absolute atomic E-state index is 13.3. The van der Waals surface area contributed by atoms with Crippen LogP contribution in [0.3, 0.4) is 0 Å². The van der Waals surface area contributed by atoms with Gasteiger partial charge in [0.15, 0.2) is 0 Å². The molecule has 8 heteroatoms. The first-order chi connectivity index (χ1) is 16.2. The van der Waals surface area contributed by atoms with Crippen LogP contribution in [0.1, 0.15) is 31.1 Å². The van der Waals surface area contributed by atoms with Crippen LogP contribution in [0.25, 0.3) is 22.0 Å². The van der Waals surface area contributed by atoms with E-state index in [9.17, 15) is 14.4 Å². The molecule has 0 aliphatic rings. The SMILES string of the molecule is CC(C)(C)OC(=O)Nc1cc2ccccc2cc1C(=O)Nc1cccc(-c2ccc(=O)[nH]n2)c1. The summed E-state index contributed by atoms with van der Waals surface area (Å²) in [7, 11) is 0. The zero-order chi connectivity index (χ0) is 24.3. The molecule has 0 radical (unpaired) electrons. The molecule has 1 aromatic heterocycles. The summed E-state index contributed by atoms with van der Waals surface area (Å²) < 4.78 is 5.37. The number of carbonyl (C=O) groups is 2. The van der Waals surface area contributed by atoms with Gasteiger partial charge in [0.05, 0.1) is 16.9 Å². The second-order valence-corrected chi connectivity index (χ2v) is 8.71. The van der Waals surface area contributed by atoms with Gasteiger partial charge in [-0.1, -0.05) is 36.4 Å². The van der Waals surface area contributed by atoms with Gasteiger partial charge < -0.3 is 10.1 Å². The predicted molar refractivity (Wildman–Crippen MR) is 132 cm³/mol. The first kappa shape index (κ1) is 22.7. The number of rotatable bonds is 4. The van der Waals surface area contributed by atoms with Crippen molar-refractivity contribution in [3.05, 3.63) is 88.7 Å². The molecule has 0 bridgehead atoms. The number of nitrogens with one attached hydrogen (secondary N) is 3. The van der Waals surface area contributed by atoms with Gasteiger partial charge in [-0.15, -0.1) is 0 Å². The van der Waals surface area contributed by atoms with Gasteiger partial charge in [-0.3, -0.25) is 14.9 Å². The highest BCUT2D eigenvalue weighted by Gasteiger charge is 2.20. The lowest BCUT2D eigenvalue weighted by atomic mass is 10.0. The van der Waals surface area contributed by atoms with Crippen molar-refractivity contribution in [2.24, 2.45) is 0 Å². The van der Waals surface area contributed by atoms with Gasteiger partial charge in [0.2, 0.25) is 0 Å². The second-order valence-electron chi connectivity index (χ2n) is 8.71. The minimum Gasteiger partial charge on any atom is -0.444 e. The van der Waals surface area contributed by atoms with Crippen molar-refractivity contribution in [1.82, 2.24) is 10.2 Å². The van der Waals surface area contributed by atoms with E-state index in [-0.39, 0.29) is 11.1 Å². The highest BCUT2D eigenvalue weighted by Crippen LogP contribution is 2.27. The van der Waals surface area contributed by atoms with Crippen molar-refractivity contribution < 1.29 is 14.3 Å². The number of hydrogen-bond donors (Lipinski definition) is 3. The summed E-state index contributed by atoms with van der Waals surface area (Å²) in [6.45, 7) is 5.31. The number of amides is 2. The van der Waals surface area contributed by atoms with Gasteiger partial charge in [0.1, 0.15) is 5.60 Å². The normalized spacial score (nSPS) is 11.1. The molecule has 0 saturated heterocycles. The minimum absolute atomic E-state index is 0.289. The second kappa shape index (κ2) is 9.19. The first-order valence-corrected chi connectivity index (χ1v) is 10.7. The van der Waals surface area contributed by atoms with Crippen molar-refractivity contribution in [1.29, 1.82) is 0 Å². The van der Waals surface area contributed by atoms with Crippen LogP contribution in [0.4, 0.5) is 16.2 Å². The Labute approximate surface area is 196 Å². The van der Waals surface area contributed by atoms with Crippen LogP contribution in [0.5, 0.6) is 0 Å². The van der Waals surface area contributed by atoms with E-state index in [0.717, 1.165) is 16.3 Å². The van der Waals surface area contributed by atoms with Gasteiger partial charge in [-0.2, -0.15) is 5.10 Å². The van der Waals surface area contributed by atoms with Crippen molar-refractivity contribution >= 4 is 34.1 Å². The molecule has 0 saturated carbocycles. The molecule has 34 heavy (non-hydrogen) atoms. The quantitative estimate of drug-likeness (QED) is 0.391. The molecule has 0 fully saturated rings. The van der Waals surface area contributed by atoms with Crippen LogP contribution in [-0.2, 0) is 4.74 Å². The standard InChI is InChI=1S/C26H24N4O4/c1-26(2,3)34-25(33)28-22-15-17-8-5-4-7-16(17)14-20(22)24(32)27-19-10-6-9-18(13-19)21-11-12-23(31)30-29-21/h4-15H,1-3H3,(H,27,32)(H,28,33)(H,30,31). The molecule has 0 spiro atoms. The number of carbonyl (C=O) groups excluding carboxylic acids is 2. The molecule has 8 nitrogen and oxygen atoms in total. The first-order valence-electron chi connectivity index (χ1n) is 10.7. The zero-order valence-corrected chi connectivity index (χ0v) is 19.0. The number of ether oxygens (including phenoxy) is 1. The fourth-order valence-electron chi connectivity index (χ4n) is 3.41. The lowest BCUT2D eigenvalue weighted by Gasteiger charge is -2.20. The summed E-state index contributed by atoms with van der Waals surface area (Å²) in [6.07, 6.45) is -0.650. The van der Waals surface area contributed by atoms with Gasteiger partial charge in [0.25, 0.3) is 11.5 Å². The molecule has 0 atom stereocenters. The van der Waals surface area contributed by atoms with Gasteiger partial charge >= 0.3 is 6.09 Å². The van der Waals surface area contributed by atoms with Crippen LogP contribution in [0, 0.1) is 0 Å². The Morgan fingerprint density at radius 2 is 1.62 bits per heavy atom. The van der Waals surface area contributed by atoms with E-state index < -0.39 is 17.6 Å². The molecule has 172 valence electrons. The molecule has 0 aliphatic carbocycles. The number of aromatic nitrogens is 2. The van der Waals surface area contributed by atoms with Crippen molar-refractivity contribution in [2.45, 2.75) is 26.4 Å². The van der Waals surface area contributed by atoms with E-state index >= 15 is 0 Å². The smallest absolute Gasteiger partial charge is 0.412 e. The fraction of sp³-hybridized carbons (Fsp3) is 0.154. The van der Waals surface area contributed by atoms with Gasteiger partial charge in [0, 0.05) is 17.3 Å². The number of benzene rings is 3. The molecule has 3 N–H and O–H groups in total. The topological polar surface area (TPSA) is 113 Å². The summed E-state index contributed by atoms with van der Waals surface area (Å²) in [6, 6.07) is 21.1. The maximum Gasteiger partial charge on any atom is 0.412 e.